The van der Waals surface area contributed by atoms with Crippen LogP contribution in [0.2, 0.25) is 0 Å². The number of hydrogen-bond donors (Lipinski definition) is 1. The van der Waals surface area contributed by atoms with E-state index in [1.165, 1.54) is 4.88 Å². The van der Waals surface area contributed by atoms with Gasteiger partial charge in [-0.3, -0.25) is 0 Å². The molecule has 0 fully saturated rings. The van der Waals surface area contributed by atoms with E-state index in [2.05, 4.69) is 32.3 Å². The number of hydrogen-bond acceptors (Lipinski definition) is 4. The largest absolute Gasteiger partial charge is 0.486 e. The van der Waals surface area contributed by atoms with Gasteiger partial charge < -0.3 is 10.1 Å². The second kappa shape index (κ2) is 5.32. The maximum Gasteiger partial charge on any atom is 0.188 e. The van der Waals surface area contributed by atoms with Crippen LogP contribution in [0.3, 0.4) is 0 Å². The molecule has 0 atom stereocenters. The maximum absolute atomic E-state index is 5.21. The van der Waals surface area contributed by atoms with Crippen molar-refractivity contribution in [2.45, 2.75) is 6.54 Å². The van der Waals surface area contributed by atoms with Gasteiger partial charge in [0, 0.05) is 11.1 Å². The van der Waals surface area contributed by atoms with E-state index in [-0.39, 0.29) is 0 Å². The van der Waals surface area contributed by atoms with E-state index in [1.807, 2.05) is 18.2 Å². The monoisotopic (exact) mass is 298 g/mol. The van der Waals surface area contributed by atoms with Crippen molar-refractivity contribution in [1.82, 2.24) is 4.98 Å². The molecule has 0 amide bonds. The zero-order chi connectivity index (χ0) is 11.4. The summed E-state index contributed by atoms with van der Waals surface area (Å²) in [5.41, 5.74) is 0. The molecule has 0 aromatic carbocycles. The molecule has 0 bridgehead atoms. The van der Waals surface area contributed by atoms with E-state index in [4.69, 9.17) is 4.74 Å². The molecule has 2 aromatic heterocycles. The van der Waals surface area contributed by atoms with Crippen LogP contribution < -0.4 is 10.1 Å². The summed E-state index contributed by atoms with van der Waals surface area (Å²) in [5, 5.41) is 4.15. The summed E-state index contributed by atoms with van der Waals surface area (Å²) in [6.45, 7) is 0.754. The first-order valence-corrected chi connectivity index (χ1v) is 6.37. The number of aromatic nitrogens is 1. The molecule has 0 saturated carbocycles. The Hall–Kier alpha value is -1.07. The zero-order valence-electron chi connectivity index (χ0n) is 8.74. The summed E-state index contributed by atoms with van der Waals surface area (Å²) in [7, 11) is 1.67. The number of anilines is 1. The van der Waals surface area contributed by atoms with Crippen molar-refractivity contribution in [3.05, 3.63) is 39.8 Å². The molecule has 1 N–H and O–H groups in total. The fraction of sp³-hybridized carbons (Fsp3) is 0.182. The number of thiophene rings is 1. The molecule has 0 aliphatic rings. The Kier molecular flexibility index (Phi) is 3.79. The van der Waals surface area contributed by atoms with Crippen LogP contribution in [0.15, 0.2) is 34.9 Å². The standard InChI is InChI=1S/C11H11BrN2OS/c1-15-11-9(12)6-8(16-11)7-14-10-4-2-3-5-13-10/h2-6H,7H2,1H3,(H,13,14). The zero-order valence-corrected chi connectivity index (χ0v) is 11.1. The van der Waals surface area contributed by atoms with Crippen molar-refractivity contribution < 1.29 is 4.74 Å². The van der Waals surface area contributed by atoms with Gasteiger partial charge in [0.2, 0.25) is 0 Å². The Balaban J connectivity index is 2.00. The summed E-state index contributed by atoms with van der Waals surface area (Å²) in [4.78, 5) is 5.40. The molecule has 0 radical (unpaired) electrons. The van der Waals surface area contributed by atoms with Crippen LogP contribution in [0.4, 0.5) is 5.82 Å². The molecule has 2 heterocycles. The molecule has 0 unspecified atom stereocenters. The minimum Gasteiger partial charge on any atom is -0.486 e. The number of nitrogens with zero attached hydrogens (tertiary/aromatic N) is 1. The predicted octanol–water partition coefficient (Wildman–Crippen LogP) is 3.53. The number of halogens is 1. The Morgan fingerprint density at radius 1 is 1.50 bits per heavy atom. The second-order valence-corrected chi connectivity index (χ2v) is 5.07. The summed E-state index contributed by atoms with van der Waals surface area (Å²) < 4.78 is 6.20. The molecule has 0 aliphatic carbocycles. The fourth-order valence-electron chi connectivity index (χ4n) is 1.27. The minimum absolute atomic E-state index is 0.754. The number of ether oxygens (including phenoxy) is 1. The number of rotatable bonds is 4. The van der Waals surface area contributed by atoms with E-state index < -0.39 is 0 Å². The number of methoxy groups -OCH3 is 1. The molecule has 2 rings (SSSR count). The van der Waals surface area contributed by atoms with Gasteiger partial charge in [0.25, 0.3) is 0 Å². The summed E-state index contributed by atoms with van der Waals surface area (Å²) in [5.74, 6) is 0.881. The Labute approximate surface area is 107 Å². The van der Waals surface area contributed by atoms with Gasteiger partial charge in [-0.25, -0.2) is 4.98 Å². The van der Waals surface area contributed by atoms with E-state index in [1.54, 1.807) is 24.6 Å². The molecule has 0 spiro atoms. The van der Waals surface area contributed by atoms with Crippen LogP contribution in [0.25, 0.3) is 0 Å². The lowest BCUT2D eigenvalue weighted by Gasteiger charge is -2.02. The fourth-order valence-corrected chi connectivity index (χ4v) is 2.90. The minimum atomic E-state index is 0.754. The topological polar surface area (TPSA) is 34.1 Å². The van der Waals surface area contributed by atoms with Gasteiger partial charge in [-0.1, -0.05) is 6.07 Å². The van der Waals surface area contributed by atoms with Crippen molar-refractivity contribution in [2.75, 3.05) is 12.4 Å². The van der Waals surface area contributed by atoms with Crippen molar-refractivity contribution >= 4 is 33.1 Å². The van der Waals surface area contributed by atoms with Crippen molar-refractivity contribution in [2.24, 2.45) is 0 Å². The molecular formula is C11H11BrN2OS. The quantitative estimate of drug-likeness (QED) is 0.938. The lowest BCUT2D eigenvalue weighted by molar-refractivity contribution is 0.425. The molecule has 2 aromatic rings. The van der Waals surface area contributed by atoms with Crippen molar-refractivity contribution in [3.8, 4) is 5.06 Å². The lowest BCUT2D eigenvalue weighted by Crippen LogP contribution is -1.98. The van der Waals surface area contributed by atoms with Gasteiger partial charge in [-0.2, -0.15) is 0 Å². The molecule has 5 heteroatoms. The van der Waals surface area contributed by atoms with Gasteiger partial charge in [0.1, 0.15) is 5.82 Å². The Bertz CT molecular complexity index is 458. The highest BCUT2D eigenvalue weighted by molar-refractivity contribution is 9.10. The summed E-state index contributed by atoms with van der Waals surface area (Å²) in [6.07, 6.45) is 1.77. The van der Waals surface area contributed by atoms with Gasteiger partial charge in [-0.05, 0) is 34.1 Å². The average molecular weight is 299 g/mol. The van der Waals surface area contributed by atoms with E-state index in [9.17, 15) is 0 Å². The molecular weight excluding hydrogens is 288 g/mol. The highest BCUT2D eigenvalue weighted by Crippen LogP contribution is 2.34. The predicted molar refractivity (Wildman–Crippen MR) is 70.1 cm³/mol. The molecule has 16 heavy (non-hydrogen) atoms. The molecule has 84 valence electrons. The first-order chi connectivity index (χ1) is 7.79. The van der Waals surface area contributed by atoms with Crippen molar-refractivity contribution in [1.29, 1.82) is 0 Å². The van der Waals surface area contributed by atoms with Crippen LogP contribution in [0, 0.1) is 0 Å². The third kappa shape index (κ3) is 2.74. The van der Waals surface area contributed by atoms with Crippen LogP contribution in [0.5, 0.6) is 5.06 Å². The lowest BCUT2D eigenvalue weighted by atomic mass is 10.4. The maximum atomic E-state index is 5.21. The molecule has 3 nitrogen and oxygen atoms in total. The SMILES string of the molecule is COc1sc(CNc2ccccn2)cc1Br. The van der Waals surface area contributed by atoms with Gasteiger partial charge in [0.15, 0.2) is 5.06 Å². The third-order valence-electron chi connectivity index (χ3n) is 2.00. The Morgan fingerprint density at radius 3 is 3.00 bits per heavy atom. The number of nitrogens with one attached hydrogen (secondary N) is 1. The van der Waals surface area contributed by atoms with Gasteiger partial charge in [0.05, 0.1) is 18.1 Å². The van der Waals surface area contributed by atoms with E-state index in [0.29, 0.717) is 0 Å². The summed E-state index contributed by atoms with van der Waals surface area (Å²) >= 11 is 5.06. The smallest absolute Gasteiger partial charge is 0.188 e. The normalized spacial score (nSPS) is 10.1. The van der Waals surface area contributed by atoms with Crippen LogP contribution >= 0.6 is 27.3 Å². The van der Waals surface area contributed by atoms with Crippen LogP contribution in [-0.4, -0.2) is 12.1 Å². The summed E-state index contributed by atoms with van der Waals surface area (Å²) in [6, 6.07) is 7.86. The average Bonchev–Trinajstić information content (AvgIpc) is 2.69. The van der Waals surface area contributed by atoms with E-state index >= 15 is 0 Å². The first kappa shape index (κ1) is 11.4. The van der Waals surface area contributed by atoms with Gasteiger partial charge >= 0.3 is 0 Å². The van der Waals surface area contributed by atoms with E-state index in [0.717, 1.165) is 21.9 Å². The number of pyridine rings is 1. The Morgan fingerprint density at radius 2 is 2.38 bits per heavy atom. The second-order valence-electron chi connectivity index (χ2n) is 3.12. The first-order valence-electron chi connectivity index (χ1n) is 4.76. The highest BCUT2D eigenvalue weighted by Gasteiger charge is 2.06. The van der Waals surface area contributed by atoms with Crippen LogP contribution in [0.1, 0.15) is 4.88 Å². The highest BCUT2D eigenvalue weighted by atomic mass is 79.9. The van der Waals surface area contributed by atoms with Gasteiger partial charge in [-0.15, -0.1) is 11.3 Å². The van der Waals surface area contributed by atoms with Crippen molar-refractivity contribution in [3.63, 3.8) is 0 Å². The molecule has 0 saturated heterocycles. The van der Waals surface area contributed by atoms with Crippen LogP contribution in [-0.2, 0) is 6.54 Å². The molecule has 0 aliphatic heterocycles. The third-order valence-corrected chi connectivity index (χ3v) is 3.95.